The van der Waals surface area contributed by atoms with E-state index < -0.39 is 47.9 Å². The van der Waals surface area contributed by atoms with Gasteiger partial charge in [0.25, 0.3) is 0 Å². The van der Waals surface area contributed by atoms with Crippen molar-refractivity contribution in [3.05, 3.63) is 48.0 Å². The van der Waals surface area contributed by atoms with Crippen LogP contribution in [0.3, 0.4) is 0 Å². The molecule has 3 rings (SSSR count). The largest absolute Gasteiger partial charge is 0.508 e. The average molecular weight is 529 g/mol. The molecule has 1 saturated heterocycles. The van der Waals surface area contributed by atoms with Gasteiger partial charge >= 0.3 is 5.97 Å². The number of aliphatic carboxylic acids is 1. The number of carbonyl (C=O) groups is 4. The number of likely N-dealkylation sites (tertiary alicyclic amines) is 1. The third-order valence-electron chi connectivity index (χ3n) is 6.94. The lowest BCUT2D eigenvalue weighted by Crippen LogP contribution is -2.59. The molecule has 1 fully saturated rings. The Kier molecular flexibility index (Phi) is 9.83. The summed E-state index contributed by atoms with van der Waals surface area (Å²) in [4.78, 5) is 59.7. The molecule has 5 atom stereocenters. The molecule has 0 unspecified atom stereocenters. The van der Waals surface area contributed by atoms with Crippen LogP contribution in [-0.4, -0.2) is 79.5 Å². The first-order valence-electron chi connectivity index (χ1n) is 12.8. The quantitative estimate of drug-likeness (QED) is 0.227. The zero-order valence-corrected chi connectivity index (χ0v) is 21.6. The van der Waals surface area contributed by atoms with Crippen LogP contribution in [0.15, 0.2) is 36.8 Å². The fourth-order valence-corrected chi connectivity index (χ4v) is 4.51. The Labute approximate surface area is 221 Å². The Morgan fingerprint density at radius 1 is 1.16 bits per heavy atom. The fraction of sp³-hybridized carbons (Fsp3) is 0.500. The predicted molar refractivity (Wildman–Crippen MR) is 138 cm³/mol. The number of aromatic hydroxyl groups is 1. The highest BCUT2D eigenvalue weighted by atomic mass is 16.4. The smallest absolute Gasteiger partial charge is 0.326 e. The third-order valence-corrected chi connectivity index (χ3v) is 6.94. The van der Waals surface area contributed by atoms with E-state index in [2.05, 4.69) is 20.6 Å². The van der Waals surface area contributed by atoms with E-state index in [9.17, 15) is 29.4 Å². The normalized spacial score (nSPS) is 18.3. The van der Waals surface area contributed by atoms with Gasteiger partial charge in [0.15, 0.2) is 0 Å². The first kappa shape index (κ1) is 28.6. The maximum absolute atomic E-state index is 13.5. The number of benzene rings is 1. The van der Waals surface area contributed by atoms with Gasteiger partial charge < -0.3 is 36.5 Å². The number of phenolic OH excluding ortho intramolecular Hbond substituents is 1. The van der Waals surface area contributed by atoms with Crippen LogP contribution in [0.2, 0.25) is 0 Å². The van der Waals surface area contributed by atoms with E-state index in [1.54, 1.807) is 12.1 Å². The van der Waals surface area contributed by atoms with Gasteiger partial charge in [0.05, 0.1) is 12.4 Å². The lowest BCUT2D eigenvalue weighted by Gasteiger charge is -2.30. The first-order chi connectivity index (χ1) is 18.1. The van der Waals surface area contributed by atoms with Crippen molar-refractivity contribution in [2.24, 2.45) is 11.7 Å². The van der Waals surface area contributed by atoms with E-state index in [4.69, 9.17) is 5.73 Å². The molecule has 206 valence electrons. The summed E-state index contributed by atoms with van der Waals surface area (Å²) in [6, 6.07) is 2.41. The lowest BCUT2D eigenvalue weighted by molar-refractivity contribution is -0.149. The maximum Gasteiger partial charge on any atom is 0.326 e. The minimum atomic E-state index is -1.09. The second kappa shape index (κ2) is 13.0. The van der Waals surface area contributed by atoms with E-state index in [1.807, 2.05) is 13.8 Å². The molecular weight excluding hydrogens is 492 g/mol. The third kappa shape index (κ3) is 7.31. The number of phenols is 1. The van der Waals surface area contributed by atoms with E-state index >= 15 is 0 Å². The topological polar surface area (TPSA) is 191 Å². The van der Waals surface area contributed by atoms with Crippen LogP contribution < -0.4 is 16.4 Å². The Morgan fingerprint density at radius 2 is 1.87 bits per heavy atom. The fourth-order valence-electron chi connectivity index (χ4n) is 4.51. The van der Waals surface area contributed by atoms with Crippen LogP contribution in [0.5, 0.6) is 5.75 Å². The Balaban J connectivity index is 1.75. The number of nitrogens with two attached hydrogens (primary N) is 1. The number of H-pyrrole nitrogens is 1. The summed E-state index contributed by atoms with van der Waals surface area (Å²) in [7, 11) is 0. The predicted octanol–water partition coefficient (Wildman–Crippen LogP) is 0.319. The van der Waals surface area contributed by atoms with Gasteiger partial charge in [-0.25, -0.2) is 9.78 Å². The molecule has 7 N–H and O–H groups in total. The van der Waals surface area contributed by atoms with Crippen molar-refractivity contribution in [1.29, 1.82) is 0 Å². The molecule has 1 aliphatic rings. The van der Waals surface area contributed by atoms with Gasteiger partial charge in [-0.2, -0.15) is 0 Å². The summed E-state index contributed by atoms with van der Waals surface area (Å²) in [6.07, 6.45) is 4.72. The number of hydrogen-bond donors (Lipinski definition) is 6. The molecule has 12 heteroatoms. The monoisotopic (exact) mass is 528 g/mol. The highest BCUT2D eigenvalue weighted by Crippen LogP contribution is 2.20. The van der Waals surface area contributed by atoms with Crippen molar-refractivity contribution >= 4 is 23.7 Å². The molecule has 1 aromatic carbocycles. The number of hydrogen-bond acceptors (Lipinski definition) is 7. The number of carbonyl (C=O) groups excluding carboxylic acids is 3. The molecule has 38 heavy (non-hydrogen) atoms. The van der Waals surface area contributed by atoms with Gasteiger partial charge in [-0.15, -0.1) is 0 Å². The van der Waals surface area contributed by atoms with Gasteiger partial charge in [-0.3, -0.25) is 14.4 Å². The second-order valence-electron chi connectivity index (χ2n) is 9.72. The summed E-state index contributed by atoms with van der Waals surface area (Å²) >= 11 is 0. The van der Waals surface area contributed by atoms with E-state index in [0.717, 1.165) is 5.56 Å². The van der Waals surface area contributed by atoms with Crippen molar-refractivity contribution in [2.45, 2.75) is 70.1 Å². The van der Waals surface area contributed by atoms with Gasteiger partial charge in [-0.1, -0.05) is 32.4 Å². The van der Waals surface area contributed by atoms with Crippen molar-refractivity contribution < 1.29 is 29.4 Å². The van der Waals surface area contributed by atoms with Crippen LogP contribution in [0.25, 0.3) is 0 Å². The van der Waals surface area contributed by atoms with Gasteiger partial charge in [0, 0.05) is 24.9 Å². The molecule has 0 aliphatic carbocycles. The van der Waals surface area contributed by atoms with Gasteiger partial charge in [0.1, 0.15) is 23.9 Å². The average Bonchev–Trinajstić information content (AvgIpc) is 3.59. The molecular formula is C26H36N6O6. The number of rotatable bonds is 12. The zero-order chi connectivity index (χ0) is 27.8. The molecule has 1 aromatic heterocycles. The molecule has 12 nitrogen and oxygen atoms in total. The Morgan fingerprint density at radius 3 is 2.47 bits per heavy atom. The zero-order valence-electron chi connectivity index (χ0n) is 21.6. The number of carboxylic acids is 1. The molecule has 3 amide bonds. The second-order valence-corrected chi connectivity index (χ2v) is 9.72. The minimum Gasteiger partial charge on any atom is -0.508 e. The summed E-state index contributed by atoms with van der Waals surface area (Å²) in [5.41, 5.74) is 7.45. The van der Waals surface area contributed by atoms with Crippen LogP contribution in [0.4, 0.5) is 0 Å². The van der Waals surface area contributed by atoms with E-state index in [1.165, 1.54) is 29.6 Å². The molecule has 0 radical (unpaired) electrons. The number of carboxylic acid groups (broad SMARTS) is 1. The van der Waals surface area contributed by atoms with Crippen LogP contribution in [0.1, 0.15) is 44.4 Å². The van der Waals surface area contributed by atoms with Crippen LogP contribution in [-0.2, 0) is 32.0 Å². The summed E-state index contributed by atoms with van der Waals surface area (Å²) in [5, 5.41) is 24.5. The molecule has 2 aromatic rings. The Hall–Kier alpha value is -3.93. The molecule has 0 bridgehead atoms. The van der Waals surface area contributed by atoms with Crippen molar-refractivity contribution in [3.63, 3.8) is 0 Å². The number of nitrogens with zero attached hydrogens (tertiary/aromatic N) is 2. The highest BCUT2D eigenvalue weighted by molar-refractivity contribution is 5.94. The standard InChI is InChI=1S/C26H36N6O6/c1-3-15(2)22(31-23(34)19(27)11-16-6-8-18(33)9-7-16)24(35)30-20(12-17-13-28-14-29-17)25(36)32-10-4-5-21(32)26(37)38/h6-9,13-15,19-22,33H,3-5,10-12,27H2,1-2H3,(H,28,29)(H,30,35)(H,31,34)(H,37,38)/t15-,19+,20+,21-,22+/m1/s1. The molecule has 0 spiro atoms. The number of aromatic nitrogens is 2. The number of imidazole rings is 1. The number of nitrogens with one attached hydrogen (secondary N) is 3. The molecule has 1 aliphatic heterocycles. The first-order valence-corrected chi connectivity index (χ1v) is 12.8. The van der Waals surface area contributed by atoms with Crippen molar-refractivity contribution in [2.75, 3.05) is 6.54 Å². The number of amides is 3. The molecule has 0 saturated carbocycles. The lowest BCUT2D eigenvalue weighted by atomic mass is 9.96. The minimum absolute atomic E-state index is 0.0783. The van der Waals surface area contributed by atoms with E-state index in [0.29, 0.717) is 25.0 Å². The maximum atomic E-state index is 13.5. The SMILES string of the molecule is CC[C@@H](C)[C@H](NC(=O)[C@@H](N)Cc1ccc(O)cc1)C(=O)N[C@@H](Cc1cnc[nH]1)C(=O)N1CCC[C@@H]1C(=O)O. The summed E-state index contributed by atoms with van der Waals surface area (Å²) in [6.45, 7) is 3.97. The summed E-state index contributed by atoms with van der Waals surface area (Å²) < 4.78 is 0. The van der Waals surface area contributed by atoms with Crippen LogP contribution >= 0.6 is 0 Å². The Bertz CT molecular complexity index is 1110. The van der Waals surface area contributed by atoms with Crippen molar-refractivity contribution in [3.8, 4) is 5.75 Å². The van der Waals surface area contributed by atoms with Gasteiger partial charge in [-0.05, 0) is 42.9 Å². The van der Waals surface area contributed by atoms with Gasteiger partial charge in [0.2, 0.25) is 17.7 Å². The number of aromatic amines is 1. The summed E-state index contributed by atoms with van der Waals surface area (Å²) in [5.74, 6) is -2.86. The highest BCUT2D eigenvalue weighted by Gasteiger charge is 2.39. The van der Waals surface area contributed by atoms with Crippen LogP contribution in [0, 0.1) is 5.92 Å². The molecule has 2 heterocycles. The van der Waals surface area contributed by atoms with Crippen molar-refractivity contribution in [1.82, 2.24) is 25.5 Å². The van der Waals surface area contributed by atoms with E-state index in [-0.39, 0.29) is 31.1 Å².